The standard InChI is InChI=1S/C14H24N2O2S/c1-5-7-12(6-2)16-19(17,18)14-11(4)10(3)8-9-13(14)15/h8-9,12,16H,5-7,15H2,1-4H3. The van der Waals surface area contributed by atoms with Gasteiger partial charge in [-0.15, -0.1) is 0 Å². The van der Waals surface area contributed by atoms with Crippen molar-refractivity contribution in [2.45, 2.75) is 57.9 Å². The molecule has 0 aliphatic heterocycles. The topological polar surface area (TPSA) is 72.2 Å². The predicted molar refractivity (Wildman–Crippen MR) is 79.6 cm³/mol. The molecule has 5 heteroatoms. The number of sulfonamides is 1. The van der Waals surface area contributed by atoms with Crippen LogP contribution < -0.4 is 10.5 Å². The van der Waals surface area contributed by atoms with Crippen molar-refractivity contribution in [2.75, 3.05) is 5.73 Å². The molecule has 1 unspecified atom stereocenters. The summed E-state index contributed by atoms with van der Waals surface area (Å²) in [5.41, 5.74) is 7.81. The Balaban J connectivity index is 3.17. The molecule has 0 saturated heterocycles. The smallest absolute Gasteiger partial charge is 0.243 e. The van der Waals surface area contributed by atoms with Crippen molar-refractivity contribution in [1.82, 2.24) is 4.72 Å². The van der Waals surface area contributed by atoms with E-state index in [9.17, 15) is 8.42 Å². The lowest BCUT2D eigenvalue weighted by Crippen LogP contribution is -2.35. The van der Waals surface area contributed by atoms with Crippen LogP contribution in [0.5, 0.6) is 0 Å². The molecule has 0 bridgehead atoms. The number of hydrogen-bond acceptors (Lipinski definition) is 3. The molecule has 1 atom stereocenters. The number of aryl methyl sites for hydroxylation is 1. The maximum atomic E-state index is 12.5. The number of nitrogen functional groups attached to an aromatic ring is 1. The molecular formula is C14H24N2O2S. The van der Waals surface area contributed by atoms with E-state index in [1.165, 1.54) is 0 Å². The molecule has 0 saturated carbocycles. The fraction of sp³-hybridized carbons (Fsp3) is 0.571. The molecule has 0 aromatic heterocycles. The first-order valence-electron chi connectivity index (χ1n) is 6.71. The first-order valence-corrected chi connectivity index (χ1v) is 8.19. The number of anilines is 1. The van der Waals surface area contributed by atoms with E-state index >= 15 is 0 Å². The van der Waals surface area contributed by atoms with Gasteiger partial charge in [-0.25, -0.2) is 13.1 Å². The quantitative estimate of drug-likeness (QED) is 0.789. The van der Waals surface area contributed by atoms with Gasteiger partial charge in [0.1, 0.15) is 4.90 Å². The van der Waals surface area contributed by atoms with Gasteiger partial charge in [-0.05, 0) is 43.9 Å². The number of nitrogens with one attached hydrogen (secondary N) is 1. The van der Waals surface area contributed by atoms with Gasteiger partial charge in [-0.3, -0.25) is 0 Å². The zero-order valence-electron chi connectivity index (χ0n) is 12.2. The Kier molecular flexibility index (Phi) is 5.38. The van der Waals surface area contributed by atoms with Crippen LogP contribution in [0.2, 0.25) is 0 Å². The van der Waals surface area contributed by atoms with Crippen molar-refractivity contribution >= 4 is 15.7 Å². The third kappa shape index (κ3) is 3.70. The van der Waals surface area contributed by atoms with Gasteiger partial charge in [-0.2, -0.15) is 0 Å². The van der Waals surface area contributed by atoms with Crippen molar-refractivity contribution in [3.8, 4) is 0 Å². The molecule has 4 nitrogen and oxygen atoms in total. The second kappa shape index (κ2) is 6.39. The molecule has 1 rings (SSSR count). The largest absolute Gasteiger partial charge is 0.398 e. The summed E-state index contributed by atoms with van der Waals surface area (Å²) in [6.45, 7) is 7.71. The van der Waals surface area contributed by atoms with Crippen LogP contribution in [0.1, 0.15) is 44.2 Å². The summed E-state index contributed by atoms with van der Waals surface area (Å²) >= 11 is 0. The Bertz CT molecular complexity index is 539. The minimum absolute atomic E-state index is 0.0330. The summed E-state index contributed by atoms with van der Waals surface area (Å²) in [5.74, 6) is 0. The van der Waals surface area contributed by atoms with Crippen molar-refractivity contribution < 1.29 is 8.42 Å². The van der Waals surface area contributed by atoms with Crippen LogP contribution in [0.25, 0.3) is 0 Å². The van der Waals surface area contributed by atoms with Crippen LogP contribution in [0.4, 0.5) is 5.69 Å². The zero-order chi connectivity index (χ0) is 14.6. The van der Waals surface area contributed by atoms with Crippen LogP contribution in [0, 0.1) is 13.8 Å². The van der Waals surface area contributed by atoms with Gasteiger partial charge in [0.15, 0.2) is 0 Å². The average Bonchev–Trinajstić information content (AvgIpc) is 2.33. The van der Waals surface area contributed by atoms with Crippen LogP contribution in [0.3, 0.4) is 0 Å². The lowest BCUT2D eigenvalue weighted by atomic mass is 10.1. The second-order valence-electron chi connectivity index (χ2n) is 4.94. The number of hydrogen-bond donors (Lipinski definition) is 2. The van der Waals surface area contributed by atoms with Crippen LogP contribution in [0.15, 0.2) is 17.0 Å². The third-order valence-electron chi connectivity index (χ3n) is 3.43. The van der Waals surface area contributed by atoms with Crippen LogP contribution >= 0.6 is 0 Å². The molecule has 19 heavy (non-hydrogen) atoms. The monoisotopic (exact) mass is 284 g/mol. The summed E-state index contributed by atoms with van der Waals surface area (Å²) in [6.07, 6.45) is 2.56. The Labute approximate surface area is 116 Å². The summed E-state index contributed by atoms with van der Waals surface area (Å²) in [5, 5.41) is 0. The molecular weight excluding hydrogens is 260 g/mol. The zero-order valence-corrected chi connectivity index (χ0v) is 13.0. The minimum atomic E-state index is -3.55. The Hall–Kier alpha value is -1.07. The highest BCUT2D eigenvalue weighted by atomic mass is 32.2. The summed E-state index contributed by atoms with van der Waals surface area (Å²) in [7, 11) is -3.55. The molecule has 108 valence electrons. The molecule has 3 N–H and O–H groups in total. The van der Waals surface area contributed by atoms with Crippen molar-refractivity contribution in [1.29, 1.82) is 0 Å². The maximum absolute atomic E-state index is 12.5. The van der Waals surface area contributed by atoms with Crippen molar-refractivity contribution in [3.63, 3.8) is 0 Å². The molecule has 0 radical (unpaired) electrons. The van der Waals surface area contributed by atoms with Gasteiger partial charge in [0.05, 0.1) is 5.69 Å². The van der Waals surface area contributed by atoms with Gasteiger partial charge in [0.25, 0.3) is 0 Å². The van der Waals surface area contributed by atoms with Gasteiger partial charge in [0.2, 0.25) is 10.0 Å². The SMILES string of the molecule is CCCC(CC)NS(=O)(=O)c1c(N)ccc(C)c1C. The molecule has 1 aromatic rings. The fourth-order valence-corrected chi connectivity index (χ4v) is 3.92. The summed E-state index contributed by atoms with van der Waals surface area (Å²) in [6, 6.07) is 3.46. The highest BCUT2D eigenvalue weighted by Gasteiger charge is 2.23. The highest BCUT2D eigenvalue weighted by Crippen LogP contribution is 2.25. The predicted octanol–water partition coefficient (Wildman–Crippen LogP) is 2.74. The van der Waals surface area contributed by atoms with Gasteiger partial charge in [0, 0.05) is 6.04 Å². The van der Waals surface area contributed by atoms with Crippen molar-refractivity contribution in [3.05, 3.63) is 23.3 Å². The van der Waals surface area contributed by atoms with Gasteiger partial charge >= 0.3 is 0 Å². The third-order valence-corrected chi connectivity index (χ3v) is 5.15. The van der Waals surface area contributed by atoms with E-state index in [1.807, 2.05) is 26.8 Å². The summed E-state index contributed by atoms with van der Waals surface area (Å²) < 4.78 is 27.7. The number of nitrogens with two attached hydrogens (primary N) is 1. The Morgan fingerprint density at radius 1 is 1.26 bits per heavy atom. The first kappa shape index (κ1) is 16.0. The minimum Gasteiger partial charge on any atom is -0.398 e. The molecule has 0 aliphatic carbocycles. The molecule has 0 amide bonds. The van der Waals surface area contributed by atoms with E-state index in [4.69, 9.17) is 5.73 Å². The highest BCUT2D eigenvalue weighted by molar-refractivity contribution is 7.89. The average molecular weight is 284 g/mol. The van der Waals surface area contributed by atoms with E-state index in [1.54, 1.807) is 13.0 Å². The van der Waals surface area contributed by atoms with E-state index in [2.05, 4.69) is 4.72 Å². The lowest BCUT2D eigenvalue weighted by molar-refractivity contribution is 0.512. The Morgan fingerprint density at radius 3 is 2.42 bits per heavy atom. The fourth-order valence-electron chi connectivity index (χ4n) is 2.14. The number of benzene rings is 1. The van der Waals surface area contributed by atoms with E-state index in [0.29, 0.717) is 5.69 Å². The van der Waals surface area contributed by atoms with E-state index in [-0.39, 0.29) is 10.9 Å². The molecule has 0 aliphatic rings. The maximum Gasteiger partial charge on any atom is 0.243 e. The van der Waals surface area contributed by atoms with Gasteiger partial charge < -0.3 is 5.73 Å². The first-order chi connectivity index (χ1) is 8.83. The van der Waals surface area contributed by atoms with Crippen LogP contribution in [-0.4, -0.2) is 14.5 Å². The van der Waals surface area contributed by atoms with Gasteiger partial charge in [-0.1, -0.05) is 26.3 Å². The normalized spacial score (nSPS) is 13.5. The second-order valence-corrected chi connectivity index (χ2v) is 6.59. The van der Waals surface area contributed by atoms with Crippen molar-refractivity contribution in [2.24, 2.45) is 0 Å². The van der Waals surface area contributed by atoms with Crippen LogP contribution in [-0.2, 0) is 10.0 Å². The molecule has 1 aromatic carbocycles. The number of rotatable bonds is 6. The van der Waals surface area contributed by atoms with E-state index in [0.717, 1.165) is 30.4 Å². The molecule has 0 spiro atoms. The Morgan fingerprint density at radius 2 is 1.89 bits per heavy atom. The summed E-state index contributed by atoms with van der Waals surface area (Å²) in [4.78, 5) is 0.224. The van der Waals surface area contributed by atoms with E-state index < -0.39 is 10.0 Å². The molecule has 0 fully saturated rings. The molecule has 0 heterocycles. The lowest BCUT2D eigenvalue weighted by Gasteiger charge is -2.19.